The molecule has 2 N–H and O–H groups in total. The molecule has 16 heavy (non-hydrogen) atoms. The first-order valence-electron chi connectivity index (χ1n) is 5.41. The highest BCUT2D eigenvalue weighted by molar-refractivity contribution is 9.11. The van der Waals surface area contributed by atoms with E-state index in [4.69, 9.17) is 5.11 Å². The van der Waals surface area contributed by atoms with Crippen LogP contribution in [0.15, 0.2) is 15.9 Å². The summed E-state index contributed by atoms with van der Waals surface area (Å²) in [6, 6.07) is 4.68. The normalized spacial score (nSPS) is 12.9. The highest BCUT2D eigenvalue weighted by atomic mass is 79.9. The topological polar surface area (TPSA) is 32.3 Å². The van der Waals surface area contributed by atoms with Crippen molar-refractivity contribution in [3.63, 3.8) is 0 Å². The highest BCUT2D eigenvalue weighted by Crippen LogP contribution is 2.26. The number of halogens is 1. The first kappa shape index (κ1) is 14.5. The summed E-state index contributed by atoms with van der Waals surface area (Å²) in [4.78, 5) is 1.37. The van der Waals surface area contributed by atoms with Gasteiger partial charge in [-0.1, -0.05) is 0 Å². The molecular weight excluding hydrogens is 306 g/mol. The number of aliphatic hydroxyl groups is 1. The molecule has 0 aromatic carbocycles. The van der Waals surface area contributed by atoms with Gasteiger partial charge in [0.15, 0.2) is 0 Å². The summed E-state index contributed by atoms with van der Waals surface area (Å²) in [7, 11) is 0. The van der Waals surface area contributed by atoms with Gasteiger partial charge < -0.3 is 10.4 Å². The van der Waals surface area contributed by atoms with Gasteiger partial charge in [-0.15, -0.1) is 11.3 Å². The molecule has 1 aromatic rings. The summed E-state index contributed by atoms with van der Waals surface area (Å²) < 4.78 is 1.19. The van der Waals surface area contributed by atoms with Crippen molar-refractivity contribution in [2.24, 2.45) is 0 Å². The van der Waals surface area contributed by atoms with Crippen molar-refractivity contribution in [3.05, 3.63) is 20.8 Å². The van der Waals surface area contributed by atoms with Gasteiger partial charge in [-0.25, -0.2) is 0 Å². The zero-order valence-corrected chi connectivity index (χ0v) is 12.6. The smallest absolute Gasteiger partial charge is 0.0701 e. The van der Waals surface area contributed by atoms with E-state index in [2.05, 4.69) is 40.3 Å². The number of thiophene rings is 1. The summed E-state index contributed by atoms with van der Waals surface area (Å²) in [5.41, 5.74) is 0. The van der Waals surface area contributed by atoms with Gasteiger partial charge in [0.1, 0.15) is 0 Å². The highest BCUT2D eigenvalue weighted by Gasteiger charge is 2.06. The van der Waals surface area contributed by atoms with E-state index in [1.54, 1.807) is 11.3 Å². The molecule has 0 saturated carbocycles. The molecule has 1 aromatic heterocycles. The third kappa shape index (κ3) is 5.68. The van der Waals surface area contributed by atoms with E-state index in [0.29, 0.717) is 12.6 Å². The molecule has 0 saturated heterocycles. The number of hydrogen-bond acceptors (Lipinski definition) is 4. The fourth-order valence-electron chi connectivity index (χ4n) is 1.28. The molecule has 0 spiro atoms. The van der Waals surface area contributed by atoms with Gasteiger partial charge >= 0.3 is 0 Å². The van der Waals surface area contributed by atoms with Gasteiger partial charge in [-0.2, -0.15) is 11.8 Å². The molecule has 0 radical (unpaired) electrons. The summed E-state index contributed by atoms with van der Waals surface area (Å²) in [6.07, 6.45) is 0.901. The molecule has 1 atom stereocenters. The lowest BCUT2D eigenvalue weighted by atomic mass is 10.3. The number of nitrogens with one attached hydrogen (secondary N) is 1. The molecule has 0 amide bonds. The van der Waals surface area contributed by atoms with Crippen LogP contribution < -0.4 is 5.32 Å². The molecule has 0 aliphatic carbocycles. The van der Waals surface area contributed by atoms with Crippen molar-refractivity contribution < 1.29 is 5.11 Å². The Kier molecular flexibility index (Phi) is 7.73. The number of hydrogen-bond donors (Lipinski definition) is 2. The van der Waals surface area contributed by atoms with Crippen LogP contribution in [0.2, 0.25) is 0 Å². The molecule has 0 aliphatic rings. The molecule has 0 aliphatic heterocycles. The monoisotopic (exact) mass is 323 g/mol. The van der Waals surface area contributed by atoms with Crippen LogP contribution in [-0.2, 0) is 0 Å². The van der Waals surface area contributed by atoms with Crippen LogP contribution in [0, 0.1) is 0 Å². The van der Waals surface area contributed by atoms with E-state index in [9.17, 15) is 0 Å². The largest absolute Gasteiger partial charge is 0.396 e. The molecule has 2 nitrogen and oxygen atoms in total. The first-order valence-corrected chi connectivity index (χ1v) is 8.17. The maximum absolute atomic E-state index is 8.63. The molecule has 1 rings (SSSR count). The molecule has 1 unspecified atom stereocenters. The zero-order chi connectivity index (χ0) is 11.8. The summed E-state index contributed by atoms with van der Waals surface area (Å²) in [5.74, 6) is 2.16. The van der Waals surface area contributed by atoms with Crippen LogP contribution in [0.25, 0.3) is 0 Å². The van der Waals surface area contributed by atoms with Gasteiger partial charge in [0, 0.05) is 29.8 Å². The number of thioether (sulfide) groups is 1. The predicted octanol–water partition coefficient (Wildman–Crippen LogP) is 3.28. The average molecular weight is 324 g/mol. The third-order valence-electron chi connectivity index (χ3n) is 2.16. The van der Waals surface area contributed by atoms with E-state index in [0.717, 1.165) is 24.5 Å². The summed E-state index contributed by atoms with van der Waals surface area (Å²) in [6.45, 7) is 3.52. The Morgan fingerprint density at radius 1 is 1.50 bits per heavy atom. The predicted molar refractivity (Wildman–Crippen MR) is 77.5 cm³/mol. The van der Waals surface area contributed by atoms with Gasteiger partial charge in [-0.3, -0.25) is 0 Å². The van der Waals surface area contributed by atoms with Gasteiger partial charge in [0.2, 0.25) is 0 Å². The molecule has 5 heteroatoms. The van der Waals surface area contributed by atoms with Gasteiger partial charge in [-0.05, 0) is 47.2 Å². The Hall–Kier alpha value is 0.450. The minimum absolute atomic E-state index is 0.306. The summed E-state index contributed by atoms with van der Waals surface area (Å²) in [5, 5.41) is 12.1. The Balaban J connectivity index is 2.09. The fourth-order valence-corrected chi connectivity index (χ4v) is 3.53. The minimum Gasteiger partial charge on any atom is -0.396 e. The lowest BCUT2D eigenvalue weighted by Crippen LogP contribution is -2.20. The molecule has 1 heterocycles. The quantitative estimate of drug-likeness (QED) is 0.720. The van der Waals surface area contributed by atoms with E-state index in [-0.39, 0.29) is 0 Å². The Morgan fingerprint density at radius 2 is 2.31 bits per heavy atom. The molecular formula is C11H18BrNOS2. The van der Waals surface area contributed by atoms with Gasteiger partial charge in [0.25, 0.3) is 0 Å². The second-order valence-electron chi connectivity index (χ2n) is 3.51. The summed E-state index contributed by atoms with van der Waals surface area (Å²) >= 11 is 7.15. The lowest BCUT2D eigenvalue weighted by Gasteiger charge is -2.11. The second-order valence-corrected chi connectivity index (χ2v) is 7.23. The second kappa shape index (κ2) is 8.53. The van der Waals surface area contributed by atoms with Crippen LogP contribution >= 0.6 is 39.0 Å². The van der Waals surface area contributed by atoms with Crippen LogP contribution in [-0.4, -0.2) is 29.8 Å². The van der Waals surface area contributed by atoms with Gasteiger partial charge in [0.05, 0.1) is 3.79 Å². The standard InChI is InChI=1S/C11H18BrNOS2/c1-9(10-3-4-11(12)16-10)13-5-8-15-7-2-6-14/h3-4,9,13-14H,2,5-8H2,1H3. The van der Waals surface area contributed by atoms with Crippen LogP contribution in [0.5, 0.6) is 0 Å². The van der Waals surface area contributed by atoms with Crippen molar-refractivity contribution in [1.29, 1.82) is 0 Å². The molecule has 92 valence electrons. The van der Waals surface area contributed by atoms with Crippen molar-refractivity contribution in [1.82, 2.24) is 5.32 Å². The van der Waals surface area contributed by atoms with Crippen molar-refractivity contribution in [2.75, 3.05) is 24.7 Å². The lowest BCUT2D eigenvalue weighted by molar-refractivity contribution is 0.296. The average Bonchev–Trinajstić information content (AvgIpc) is 2.70. The van der Waals surface area contributed by atoms with E-state index in [1.807, 2.05) is 11.8 Å². The Morgan fingerprint density at radius 3 is 2.94 bits per heavy atom. The van der Waals surface area contributed by atoms with E-state index < -0.39 is 0 Å². The number of aliphatic hydroxyl groups excluding tert-OH is 1. The Bertz CT molecular complexity index is 293. The van der Waals surface area contributed by atoms with Crippen molar-refractivity contribution >= 4 is 39.0 Å². The van der Waals surface area contributed by atoms with Crippen LogP contribution in [0.3, 0.4) is 0 Å². The molecule has 0 fully saturated rings. The van der Waals surface area contributed by atoms with E-state index >= 15 is 0 Å². The zero-order valence-electron chi connectivity index (χ0n) is 9.41. The fraction of sp³-hybridized carbons (Fsp3) is 0.636. The van der Waals surface area contributed by atoms with Crippen molar-refractivity contribution in [3.8, 4) is 0 Å². The van der Waals surface area contributed by atoms with Crippen LogP contribution in [0.4, 0.5) is 0 Å². The van der Waals surface area contributed by atoms with E-state index in [1.165, 1.54) is 8.66 Å². The van der Waals surface area contributed by atoms with Crippen LogP contribution in [0.1, 0.15) is 24.3 Å². The maximum atomic E-state index is 8.63. The Labute approximate surface area is 114 Å². The third-order valence-corrected chi connectivity index (χ3v) is 5.04. The van der Waals surface area contributed by atoms with Crippen molar-refractivity contribution in [2.45, 2.75) is 19.4 Å². The number of rotatable bonds is 8. The minimum atomic E-state index is 0.306. The first-order chi connectivity index (χ1) is 7.74. The SMILES string of the molecule is CC(NCCSCCCO)c1ccc(Br)s1. The molecule has 0 bridgehead atoms. The maximum Gasteiger partial charge on any atom is 0.0701 e.